The van der Waals surface area contributed by atoms with E-state index in [2.05, 4.69) is 5.32 Å². The van der Waals surface area contributed by atoms with Crippen molar-refractivity contribution in [1.82, 2.24) is 0 Å². The molecule has 1 aliphatic rings. The zero-order chi connectivity index (χ0) is 17.8. The summed E-state index contributed by atoms with van der Waals surface area (Å²) in [6.45, 7) is 2.94. The molecule has 0 radical (unpaired) electrons. The number of furan rings is 1. The van der Waals surface area contributed by atoms with Crippen LogP contribution in [-0.2, 0) is 11.2 Å². The molecular formula is C18H19NO6. The summed E-state index contributed by atoms with van der Waals surface area (Å²) < 4.78 is 16.5. The quantitative estimate of drug-likeness (QED) is 0.835. The molecule has 0 bridgehead atoms. The van der Waals surface area contributed by atoms with Crippen molar-refractivity contribution in [1.29, 1.82) is 0 Å². The topological polar surface area (TPSA) is 98.0 Å². The van der Waals surface area contributed by atoms with E-state index < -0.39 is 11.9 Å². The standard InChI is InChI=1S/C18H19NO6/c1-2-14-12(18(21)22)9-16(25-14)17(20)19-13-5-3-4-6-15(13)24-11-7-8-23-10-11/h3-6,9,11H,2,7-8,10H2,1H3,(H,19,20)(H,21,22). The van der Waals surface area contributed by atoms with Crippen molar-refractivity contribution in [3.63, 3.8) is 0 Å². The Morgan fingerprint density at radius 3 is 2.80 bits per heavy atom. The molecule has 0 spiro atoms. The third-order valence-corrected chi connectivity index (χ3v) is 3.90. The summed E-state index contributed by atoms with van der Waals surface area (Å²) in [7, 11) is 0. The number of carboxylic acid groups (broad SMARTS) is 1. The summed E-state index contributed by atoms with van der Waals surface area (Å²) in [6.07, 6.45) is 1.13. The minimum Gasteiger partial charge on any atom is -0.486 e. The predicted octanol–water partition coefficient (Wildman–Crippen LogP) is 2.96. The van der Waals surface area contributed by atoms with Crippen molar-refractivity contribution >= 4 is 17.6 Å². The third-order valence-electron chi connectivity index (χ3n) is 3.90. The second-order valence-corrected chi connectivity index (χ2v) is 5.66. The molecule has 1 unspecified atom stereocenters. The summed E-state index contributed by atoms with van der Waals surface area (Å²) in [5.74, 6) is -0.892. The van der Waals surface area contributed by atoms with Crippen molar-refractivity contribution in [3.8, 4) is 5.75 Å². The van der Waals surface area contributed by atoms with Gasteiger partial charge in [0.2, 0.25) is 0 Å². The number of aryl methyl sites for hydroxylation is 1. The van der Waals surface area contributed by atoms with Crippen LogP contribution < -0.4 is 10.1 Å². The molecule has 7 heteroatoms. The first-order chi connectivity index (χ1) is 12.1. The van der Waals surface area contributed by atoms with E-state index in [1.807, 2.05) is 6.07 Å². The predicted molar refractivity (Wildman–Crippen MR) is 89.3 cm³/mol. The van der Waals surface area contributed by atoms with Gasteiger partial charge in [0.1, 0.15) is 23.2 Å². The Balaban J connectivity index is 1.78. The SMILES string of the molecule is CCc1oc(C(=O)Nc2ccccc2OC2CCOC2)cc1C(=O)O. The Morgan fingerprint density at radius 1 is 1.36 bits per heavy atom. The van der Waals surface area contributed by atoms with Gasteiger partial charge in [0, 0.05) is 18.9 Å². The molecular weight excluding hydrogens is 326 g/mol. The Labute approximate surface area is 144 Å². The lowest BCUT2D eigenvalue weighted by Crippen LogP contribution is -2.18. The summed E-state index contributed by atoms with van der Waals surface area (Å²) in [5, 5.41) is 11.9. The van der Waals surface area contributed by atoms with Crippen LogP contribution in [0.15, 0.2) is 34.7 Å². The molecule has 132 valence electrons. The molecule has 0 saturated carbocycles. The van der Waals surface area contributed by atoms with Gasteiger partial charge in [-0.3, -0.25) is 4.79 Å². The maximum absolute atomic E-state index is 12.4. The van der Waals surface area contributed by atoms with Crippen LogP contribution in [0.3, 0.4) is 0 Å². The molecule has 1 aliphatic heterocycles. The van der Waals surface area contributed by atoms with Gasteiger partial charge in [-0.25, -0.2) is 4.79 Å². The number of carbonyl (C=O) groups is 2. The number of benzene rings is 1. The normalized spacial score (nSPS) is 16.6. The number of hydrogen-bond donors (Lipinski definition) is 2. The van der Waals surface area contributed by atoms with Crippen LogP contribution in [0.2, 0.25) is 0 Å². The van der Waals surface area contributed by atoms with Crippen LogP contribution in [0, 0.1) is 0 Å². The van der Waals surface area contributed by atoms with E-state index in [4.69, 9.17) is 19.0 Å². The second-order valence-electron chi connectivity index (χ2n) is 5.66. The average Bonchev–Trinajstić information content (AvgIpc) is 3.25. The van der Waals surface area contributed by atoms with Crippen molar-refractivity contribution in [2.24, 2.45) is 0 Å². The molecule has 1 atom stereocenters. The fourth-order valence-corrected chi connectivity index (χ4v) is 2.63. The second kappa shape index (κ2) is 7.40. The number of rotatable bonds is 6. The summed E-state index contributed by atoms with van der Waals surface area (Å²) >= 11 is 0. The van der Waals surface area contributed by atoms with E-state index in [-0.39, 0.29) is 23.2 Å². The maximum Gasteiger partial charge on any atom is 0.339 e. The lowest BCUT2D eigenvalue weighted by atomic mass is 10.2. The zero-order valence-corrected chi connectivity index (χ0v) is 13.8. The Bertz CT molecular complexity index is 776. The number of anilines is 1. The van der Waals surface area contributed by atoms with E-state index in [1.54, 1.807) is 25.1 Å². The number of ether oxygens (including phenoxy) is 2. The summed E-state index contributed by atoms with van der Waals surface area (Å²) in [6, 6.07) is 8.30. The van der Waals surface area contributed by atoms with Crippen LogP contribution in [0.4, 0.5) is 5.69 Å². The highest BCUT2D eigenvalue weighted by Gasteiger charge is 2.22. The van der Waals surface area contributed by atoms with Crippen LogP contribution in [-0.4, -0.2) is 36.3 Å². The first-order valence-electron chi connectivity index (χ1n) is 8.09. The minimum absolute atomic E-state index is 0.000268. The molecule has 2 aromatic rings. The third kappa shape index (κ3) is 3.83. The van der Waals surface area contributed by atoms with Gasteiger partial charge in [-0.1, -0.05) is 19.1 Å². The van der Waals surface area contributed by atoms with Gasteiger partial charge in [-0.05, 0) is 12.1 Å². The number of aromatic carboxylic acids is 1. The smallest absolute Gasteiger partial charge is 0.339 e. The van der Waals surface area contributed by atoms with Crippen molar-refractivity contribution in [2.75, 3.05) is 18.5 Å². The molecule has 1 aromatic heterocycles. The highest BCUT2D eigenvalue weighted by Crippen LogP contribution is 2.27. The molecule has 1 aromatic carbocycles. The van der Waals surface area contributed by atoms with E-state index in [0.717, 1.165) is 6.42 Å². The van der Waals surface area contributed by atoms with Crippen molar-refractivity contribution in [3.05, 3.63) is 47.4 Å². The van der Waals surface area contributed by atoms with Gasteiger partial charge in [-0.2, -0.15) is 0 Å². The Kier molecular flexibility index (Phi) is 5.04. The first-order valence-corrected chi connectivity index (χ1v) is 8.09. The minimum atomic E-state index is -1.12. The van der Waals surface area contributed by atoms with Crippen LogP contribution in [0.25, 0.3) is 0 Å². The molecule has 2 N–H and O–H groups in total. The fraction of sp³-hybridized carbons (Fsp3) is 0.333. The average molecular weight is 345 g/mol. The van der Waals surface area contributed by atoms with E-state index in [9.17, 15) is 9.59 Å². The van der Waals surface area contributed by atoms with Gasteiger partial charge in [-0.15, -0.1) is 0 Å². The van der Waals surface area contributed by atoms with Gasteiger partial charge in [0.15, 0.2) is 5.76 Å². The number of amides is 1. The van der Waals surface area contributed by atoms with Gasteiger partial charge in [0.05, 0.1) is 18.9 Å². The zero-order valence-electron chi connectivity index (χ0n) is 13.8. The highest BCUT2D eigenvalue weighted by molar-refractivity contribution is 6.04. The largest absolute Gasteiger partial charge is 0.486 e. The van der Waals surface area contributed by atoms with E-state index >= 15 is 0 Å². The molecule has 1 saturated heterocycles. The number of carbonyl (C=O) groups excluding carboxylic acids is 1. The lowest BCUT2D eigenvalue weighted by molar-refractivity contribution is 0.0694. The van der Waals surface area contributed by atoms with Crippen LogP contribution >= 0.6 is 0 Å². The number of para-hydroxylation sites is 2. The molecule has 25 heavy (non-hydrogen) atoms. The summed E-state index contributed by atoms with van der Waals surface area (Å²) in [4.78, 5) is 23.6. The highest BCUT2D eigenvalue weighted by atomic mass is 16.5. The number of carboxylic acids is 1. The Hall–Kier alpha value is -2.80. The molecule has 7 nitrogen and oxygen atoms in total. The lowest BCUT2D eigenvalue weighted by Gasteiger charge is -2.15. The fourth-order valence-electron chi connectivity index (χ4n) is 2.63. The van der Waals surface area contributed by atoms with Crippen molar-refractivity contribution < 1.29 is 28.6 Å². The van der Waals surface area contributed by atoms with Gasteiger partial charge >= 0.3 is 5.97 Å². The van der Waals surface area contributed by atoms with Gasteiger partial charge in [0.25, 0.3) is 5.91 Å². The number of hydrogen-bond acceptors (Lipinski definition) is 5. The maximum atomic E-state index is 12.4. The van der Waals surface area contributed by atoms with E-state index in [0.29, 0.717) is 31.1 Å². The van der Waals surface area contributed by atoms with Crippen LogP contribution in [0.5, 0.6) is 5.75 Å². The monoisotopic (exact) mass is 345 g/mol. The molecule has 3 rings (SSSR count). The van der Waals surface area contributed by atoms with Gasteiger partial charge < -0.3 is 24.3 Å². The molecule has 1 fully saturated rings. The Morgan fingerprint density at radius 2 is 2.16 bits per heavy atom. The summed E-state index contributed by atoms with van der Waals surface area (Å²) in [5.41, 5.74) is 0.492. The molecule has 2 heterocycles. The number of nitrogens with one attached hydrogen (secondary N) is 1. The molecule has 1 amide bonds. The van der Waals surface area contributed by atoms with E-state index in [1.165, 1.54) is 6.07 Å². The first kappa shape index (κ1) is 17.0. The van der Waals surface area contributed by atoms with Crippen LogP contribution in [0.1, 0.15) is 40.0 Å². The molecule has 0 aliphatic carbocycles. The van der Waals surface area contributed by atoms with Crippen molar-refractivity contribution in [2.45, 2.75) is 25.9 Å².